The van der Waals surface area contributed by atoms with Crippen LogP contribution in [0.4, 0.5) is 0 Å². The Morgan fingerprint density at radius 1 is 1.67 bits per heavy atom. The van der Waals surface area contributed by atoms with E-state index in [0.717, 1.165) is 13.0 Å². The predicted molar refractivity (Wildman–Crippen MR) is 39.7 cm³/mol. The maximum absolute atomic E-state index is 10.7. The van der Waals surface area contributed by atoms with Crippen LogP contribution in [-0.4, -0.2) is 43.9 Å². The van der Waals surface area contributed by atoms with Crippen molar-refractivity contribution in [1.29, 1.82) is 0 Å². The third-order valence-electron chi connectivity index (χ3n) is 1.33. The molecule has 0 aromatic carbocycles. The van der Waals surface area contributed by atoms with Gasteiger partial charge in [0.1, 0.15) is 0 Å². The van der Waals surface area contributed by atoms with E-state index in [1.807, 2.05) is 0 Å². The first-order chi connectivity index (χ1) is 3.84. The Morgan fingerprint density at radius 3 is 2.56 bits per heavy atom. The van der Waals surface area contributed by atoms with E-state index in [2.05, 4.69) is 6.58 Å². The Labute approximate surface area is 74.4 Å². The number of rotatable bonds is 1. The molecule has 0 bridgehead atoms. The van der Waals surface area contributed by atoms with Gasteiger partial charge in [0.2, 0.25) is 5.91 Å². The second-order valence-electron chi connectivity index (χ2n) is 1.87. The quantitative estimate of drug-likeness (QED) is 0.657. The van der Waals surface area contributed by atoms with Crippen LogP contribution in [0.1, 0.15) is 12.8 Å². The van der Waals surface area contributed by atoms with Crippen molar-refractivity contribution in [2.75, 3.05) is 6.54 Å². The molecule has 0 atom stereocenters. The number of hydrogen-bond donors (Lipinski definition) is 0. The molecule has 1 saturated heterocycles. The minimum absolute atomic E-state index is 0. The monoisotopic (exact) mass is 322 g/mol. The van der Waals surface area contributed by atoms with Gasteiger partial charge in [-0.1, -0.05) is 6.58 Å². The summed E-state index contributed by atoms with van der Waals surface area (Å²) in [4.78, 5) is 12.3. The zero-order valence-electron chi connectivity index (χ0n) is 5.26. The summed E-state index contributed by atoms with van der Waals surface area (Å²) in [6, 6.07) is 0. The molecule has 3 heteroatoms. The first kappa shape index (κ1) is 9.11. The molecule has 0 spiro atoms. The summed E-state index contributed by atoms with van der Waals surface area (Å²) in [5.41, 5.74) is 0. The number of nitrogens with zero attached hydrogens (tertiary/aromatic N) is 1. The van der Waals surface area contributed by atoms with Crippen molar-refractivity contribution in [1.82, 2.24) is 4.90 Å². The molecular formula is C6H11NOPo. The molecular weight excluding hydrogens is 311 g/mol. The van der Waals surface area contributed by atoms with Crippen LogP contribution in [0.5, 0.6) is 0 Å². The molecule has 0 radical (unpaired) electrons. The number of carbonyl (C=O) groups is 1. The predicted octanol–water partition coefficient (Wildman–Crippen LogP) is -0.164. The fourth-order valence-electron chi connectivity index (χ4n) is 0.862. The maximum atomic E-state index is 10.7. The van der Waals surface area contributed by atoms with Crippen molar-refractivity contribution in [3.05, 3.63) is 12.8 Å². The standard InChI is InChI=1S/C6H9NO.Po.2H/c1-2-7-5-3-4-6(7)8;;;/h2H,1,3-5H2;;;. The summed E-state index contributed by atoms with van der Waals surface area (Å²) in [7, 11) is 0. The van der Waals surface area contributed by atoms with Gasteiger partial charge in [-0.15, -0.1) is 0 Å². The number of likely N-dealkylation sites (tertiary alicyclic amines) is 1. The van der Waals surface area contributed by atoms with Gasteiger partial charge in [-0.3, -0.25) is 4.79 Å². The van der Waals surface area contributed by atoms with Gasteiger partial charge in [0, 0.05) is 13.0 Å². The average Bonchev–Trinajstić information content (AvgIpc) is 2.14. The molecule has 0 aromatic heterocycles. The van der Waals surface area contributed by atoms with E-state index in [1.54, 1.807) is 11.1 Å². The third-order valence-corrected chi connectivity index (χ3v) is 1.33. The number of hydrogen-bond acceptors (Lipinski definition) is 1. The zero-order chi connectivity index (χ0) is 5.98. The molecule has 0 N–H and O–H groups in total. The van der Waals surface area contributed by atoms with E-state index in [4.69, 9.17) is 0 Å². The van der Waals surface area contributed by atoms with Gasteiger partial charge in [-0.2, -0.15) is 0 Å². The molecule has 2 nitrogen and oxygen atoms in total. The molecule has 52 valence electrons. The van der Waals surface area contributed by atoms with E-state index in [0.29, 0.717) is 6.42 Å². The van der Waals surface area contributed by atoms with E-state index in [9.17, 15) is 4.79 Å². The van der Waals surface area contributed by atoms with E-state index in [-0.39, 0.29) is 32.5 Å². The van der Waals surface area contributed by atoms with Gasteiger partial charge in [0.05, 0.1) is 0 Å². The van der Waals surface area contributed by atoms with Gasteiger partial charge in [-0.05, 0) is 12.6 Å². The summed E-state index contributed by atoms with van der Waals surface area (Å²) < 4.78 is 0. The van der Waals surface area contributed by atoms with Crippen molar-refractivity contribution in [3.63, 3.8) is 0 Å². The van der Waals surface area contributed by atoms with Crippen molar-refractivity contribution >= 4 is 32.5 Å². The van der Waals surface area contributed by atoms with Crippen LogP contribution in [-0.2, 0) is 4.79 Å². The Bertz CT molecular complexity index is 124. The Morgan fingerprint density at radius 2 is 2.33 bits per heavy atom. The van der Waals surface area contributed by atoms with Gasteiger partial charge in [-0.25, -0.2) is 0 Å². The topological polar surface area (TPSA) is 20.3 Å². The molecule has 1 heterocycles. The Kier molecular flexibility index (Phi) is 4.06. The van der Waals surface area contributed by atoms with E-state index < -0.39 is 0 Å². The molecule has 1 aliphatic heterocycles. The minimum atomic E-state index is 0. The second-order valence-corrected chi connectivity index (χ2v) is 1.87. The first-order valence-electron chi connectivity index (χ1n) is 2.76. The van der Waals surface area contributed by atoms with Crippen molar-refractivity contribution in [2.45, 2.75) is 12.8 Å². The SMILES string of the molecule is C=CN1CCCC1=O.[PoH2]. The summed E-state index contributed by atoms with van der Waals surface area (Å²) >= 11 is 0. The molecule has 1 rings (SSSR count). The average molecular weight is 322 g/mol. The number of amides is 1. The fraction of sp³-hybridized carbons (Fsp3) is 0.500. The van der Waals surface area contributed by atoms with Crippen LogP contribution < -0.4 is 0 Å². The summed E-state index contributed by atoms with van der Waals surface area (Å²) in [6.07, 6.45) is 3.28. The molecule has 1 fully saturated rings. The van der Waals surface area contributed by atoms with Crippen LogP contribution >= 0.6 is 0 Å². The zero-order valence-corrected chi connectivity index (χ0v) is 9.15. The fourth-order valence-corrected chi connectivity index (χ4v) is 0.862. The van der Waals surface area contributed by atoms with E-state index in [1.165, 1.54) is 0 Å². The Hall–Kier alpha value is 0.106. The van der Waals surface area contributed by atoms with Crippen molar-refractivity contribution in [3.8, 4) is 0 Å². The first-order valence-corrected chi connectivity index (χ1v) is 2.76. The molecule has 0 saturated carbocycles. The van der Waals surface area contributed by atoms with Gasteiger partial charge in [0.25, 0.3) is 0 Å². The summed E-state index contributed by atoms with van der Waals surface area (Å²) in [5, 5.41) is 0. The van der Waals surface area contributed by atoms with Crippen molar-refractivity contribution in [2.24, 2.45) is 0 Å². The van der Waals surface area contributed by atoms with Gasteiger partial charge >= 0.3 is 26.6 Å². The van der Waals surface area contributed by atoms with Crippen LogP contribution in [0.2, 0.25) is 0 Å². The number of carbonyl (C=O) groups excluding carboxylic acids is 1. The van der Waals surface area contributed by atoms with Crippen LogP contribution in [0.15, 0.2) is 12.8 Å². The van der Waals surface area contributed by atoms with Gasteiger partial charge < -0.3 is 4.90 Å². The van der Waals surface area contributed by atoms with Crippen LogP contribution in [0.3, 0.4) is 0 Å². The van der Waals surface area contributed by atoms with E-state index >= 15 is 0 Å². The third kappa shape index (κ3) is 2.06. The van der Waals surface area contributed by atoms with Crippen LogP contribution in [0.25, 0.3) is 0 Å². The molecule has 9 heavy (non-hydrogen) atoms. The van der Waals surface area contributed by atoms with Crippen molar-refractivity contribution < 1.29 is 4.79 Å². The normalized spacial score (nSPS) is 17.3. The van der Waals surface area contributed by atoms with Crippen LogP contribution in [0, 0.1) is 0 Å². The molecule has 1 amide bonds. The molecule has 0 unspecified atom stereocenters. The summed E-state index contributed by atoms with van der Waals surface area (Å²) in [5.74, 6) is 0.208. The molecule has 1 aliphatic rings. The van der Waals surface area contributed by atoms with Gasteiger partial charge in [0.15, 0.2) is 0 Å². The molecule has 0 aliphatic carbocycles. The summed E-state index contributed by atoms with van der Waals surface area (Å²) in [6.45, 7) is 4.36. The second kappa shape index (κ2) is 4.01. The molecule has 0 aromatic rings. The Balaban J connectivity index is 0.000000640.